The van der Waals surface area contributed by atoms with Crippen LogP contribution in [0, 0.1) is 0 Å². The number of thiophene rings is 1. The second-order valence-electron chi connectivity index (χ2n) is 5.53. The lowest BCUT2D eigenvalue weighted by molar-refractivity contribution is -0.116. The van der Waals surface area contributed by atoms with Crippen molar-refractivity contribution < 1.29 is 17.9 Å². The first-order valence-electron chi connectivity index (χ1n) is 7.49. The molecule has 1 aliphatic heterocycles. The zero-order valence-corrected chi connectivity index (χ0v) is 14.9. The molecule has 1 saturated heterocycles. The fourth-order valence-corrected chi connectivity index (χ4v) is 4.50. The topological polar surface area (TPSA) is 75.7 Å². The summed E-state index contributed by atoms with van der Waals surface area (Å²) >= 11 is 1.53. The Morgan fingerprint density at radius 2 is 2.13 bits per heavy atom. The smallest absolute Gasteiger partial charge is 0.244 e. The molecule has 1 N–H and O–H groups in total. The molecule has 1 aromatic rings. The van der Waals surface area contributed by atoms with Crippen LogP contribution in [0.1, 0.15) is 18.7 Å². The Labute approximate surface area is 141 Å². The molecule has 0 saturated carbocycles. The second kappa shape index (κ2) is 8.05. The van der Waals surface area contributed by atoms with E-state index in [1.54, 1.807) is 6.08 Å². The van der Waals surface area contributed by atoms with Gasteiger partial charge in [0.1, 0.15) is 0 Å². The van der Waals surface area contributed by atoms with Crippen LogP contribution >= 0.6 is 11.3 Å². The summed E-state index contributed by atoms with van der Waals surface area (Å²) in [6, 6.07) is 3.80. The lowest BCUT2D eigenvalue weighted by Gasteiger charge is -2.34. The molecule has 1 aliphatic rings. The lowest BCUT2D eigenvalue weighted by Crippen LogP contribution is -2.49. The maximum absolute atomic E-state index is 12.3. The van der Waals surface area contributed by atoms with Crippen LogP contribution in [0.15, 0.2) is 23.6 Å². The van der Waals surface area contributed by atoms with Gasteiger partial charge in [-0.15, -0.1) is 11.3 Å². The van der Waals surface area contributed by atoms with Crippen molar-refractivity contribution in [1.82, 2.24) is 9.62 Å². The highest BCUT2D eigenvalue weighted by atomic mass is 32.2. The van der Waals surface area contributed by atoms with Gasteiger partial charge in [0, 0.05) is 30.6 Å². The summed E-state index contributed by atoms with van der Waals surface area (Å²) in [5, 5.41) is 4.53. The molecule has 0 bridgehead atoms. The van der Waals surface area contributed by atoms with Crippen molar-refractivity contribution in [3.05, 3.63) is 28.5 Å². The predicted octanol–water partition coefficient (Wildman–Crippen LogP) is 1.32. The summed E-state index contributed by atoms with van der Waals surface area (Å²) in [4.78, 5) is 12.7. The Bertz CT molecular complexity index is 630. The number of morpholine rings is 1. The van der Waals surface area contributed by atoms with Gasteiger partial charge in [0.05, 0.1) is 18.0 Å². The number of amides is 1. The number of rotatable bonds is 6. The van der Waals surface area contributed by atoms with Crippen LogP contribution in [0.2, 0.25) is 0 Å². The van der Waals surface area contributed by atoms with Crippen molar-refractivity contribution in [1.29, 1.82) is 0 Å². The van der Waals surface area contributed by atoms with E-state index in [9.17, 15) is 13.2 Å². The summed E-state index contributed by atoms with van der Waals surface area (Å²) in [6.45, 7) is 4.53. The molecule has 0 spiro atoms. The van der Waals surface area contributed by atoms with E-state index >= 15 is 0 Å². The number of carbonyl (C=O) groups is 1. The second-order valence-corrected chi connectivity index (χ2v) is 8.60. The summed E-state index contributed by atoms with van der Waals surface area (Å²) in [5.74, 6) is -0.400. The molecule has 2 heterocycles. The van der Waals surface area contributed by atoms with E-state index in [-0.39, 0.29) is 30.4 Å². The minimum Gasteiger partial charge on any atom is -0.373 e. The first-order chi connectivity index (χ1) is 10.9. The maximum atomic E-state index is 12.3. The molecule has 1 amide bonds. The van der Waals surface area contributed by atoms with E-state index in [1.807, 2.05) is 31.4 Å². The van der Waals surface area contributed by atoms with Gasteiger partial charge in [0.25, 0.3) is 0 Å². The third-order valence-electron chi connectivity index (χ3n) is 3.38. The van der Waals surface area contributed by atoms with Crippen molar-refractivity contribution in [3.63, 3.8) is 0 Å². The van der Waals surface area contributed by atoms with Crippen LogP contribution in [-0.2, 0) is 19.6 Å². The molecule has 2 rings (SSSR count). The minimum absolute atomic E-state index is 0.0933. The number of ether oxygens (including phenoxy) is 1. The molecular weight excluding hydrogens is 336 g/mol. The van der Waals surface area contributed by atoms with Gasteiger partial charge in [-0.05, 0) is 31.4 Å². The number of nitrogens with zero attached hydrogens (tertiary/aromatic N) is 1. The number of sulfonamides is 1. The highest BCUT2D eigenvalue weighted by Gasteiger charge is 2.30. The first-order valence-corrected chi connectivity index (χ1v) is 9.98. The van der Waals surface area contributed by atoms with Gasteiger partial charge in [0.15, 0.2) is 0 Å². The van der Waals surface area contributed by atoms with Crippen LogP contribution < -0.4 is 5.32 Å². The van der Waals surface area contributed by atoms with Crippen LogP contribution in [0.5, 0.6) is 0 Å². The predicted molar refractivity (Wildman–Crippen MR) is 91.7 cm³/mol. The molecule has 6 nitrogen and oxygen atoms in total. The molecule has 2 atom stereocenters. The average Bonchev–Trinajstić information content (AvgIpc) is 2.97. The number of nitrogens with one attached hydrogen (secondary N) is 1. The number of carbonyl (C=O) groups excluding carboxylic acids is 1. The summed E-state index contributed by atoms with van der Waals surface area (Å²) in [5.41, 5.74) is 0. The van der Waals surface area contributed by atoms with Crippen LogP contribution in [-0.4, -0.2) is 56.2 Å². The van der Waals surface area contributed by atoms with Crippen molar-refractivity contribution in [2.75, 3.05) is 25.4 Å². The molecular formula is C15H22N2O4S2. The Hall–Kier alpha value is -1.22. The highest BCUT2D eigenvalue weighted by molar-refractivity contribution is 7.89. The van der Waals surface area contributed by atoms with E-state index in [1.165, 1.54) is 21.7 Å². The van der Waals surface area contributed by atoms with Crippen molar-refractivity contribution >= 4 is 33.3 Å². The third-order valence-corrected chi connectivity index (χ3v) is 6.02. The van der Waals surface area contributed by atoms with Gasteiger partial charge < -0.3 is 10.1 Å². The fraction of sp³-hybridized carbons (Fsp3) is 0.533. The van der Waals surface area contributed by atoms with Gasteiger partial charge in [-0.3, -0.25) is 4.79 Å². The lowest BCUT2D eigenvalue weighted by atomic mass is 10.3. The third kappa shape index (κ3) is 5.72. The standard InChI is InChI=1S/C15H22N2O4S2/c1-12-10-17(11-13(2)21-12)23(19,20)9-7-16-15(18)6-5-14-4-3-8-22-14/h3-6,8,12-13H,7,9-11H2,1-2H3,(H,16,18)/b6-5+. The molecule has 1 aromatic heterocycles. The van der Waals surface area contributed by atoms with Gasteiger partial charge >= 0.3 is 0 Å². The summed E-state index contributed by atoms with van der Waals surface area (Å²) in [6.07, 6.45) is 2.89. The van der Waals surface area contributed by atoms with Crippen LogP contribution in [0.4, 0.5) is 0 Å². The molecule has 2 unspecified atom stereocenters. The molecule has 0 aromatic carbocycles. The van der Waals surface area contributed by atoms with Gasteiger partial charge in [-0.1, -0.05) is 6.07 Å². The van der Waals surface area contributed by atoms with Crippen LogP contribution in [0.25, 0.3) is 6.08 Å². The monoisotopic (exact) mass is 358 g/mol. The Kier molecular flexibility index (Phi) is 6.34. The Morgan fingerprint density at radius 3 is 2.74 bits per heavy atom. The summed E-state index contributed by atoms with van der Waals surface area (Å²) in [7, 11) is -3.39. The highest BCUT2D eigenvalue weighted by Crippen LogP contribution is 2.14. The molecule has 1 fully saturated rings. The van der Waals surface area contributed by atoms with E-state index in [2.05, 4.69) is 5.32 Å². The van der Waals surface area contributed by atoms with E-state index in [0.717, 1.165) is 4.88 Å². The minimum atomic E-state index is -3.39. The largest absolute Gasteiger partial charge is 0.373 e. The SMILES string of the molecule is CC1CN(S(=O)(=O)CCNC(=O)/C=C/c2cccs2)CC(C)O1. The molecule has 0 aliphatic carbocycles. The van der Waals surface area contributed by atoms with Gasteiger partial charge in [-0.25, -0.2) is 8.42 Å². The van der Waals surface area contributed by atoms with E-state index < -0.39 is 10.0 Å². The number of hydrogen-bond acceptors (Lipinski definition) is 5. The average molecular weight is 358 g/mol. The molecule has 128 valence electrons. The van der Waals surface area contributed by atoms with Crippen LogP contribution in [0.3, 0.4) is 0 Å². The first kappa shape index (κ1) is 18.1. The van der Waals surface area contributed by atoms with Gasteiger partial charge in [-0.2, -0.15) is 4.31 Å². The molecule has 0 radical (unpaired) electrons. The van der Waals surface area contributed by atoms with Gasteiger partial charge in [0.2, 0.25) is 15.9 Å². The zero-order valence-electron chi connectivity index (χ0n) is 13.3. The Balaban J connectivity index is 1.79. The van der Waals surface area contributed by atoms with Crippen molar-refractivity contribution in [2.45, 2.75) is 26.1 Å². The Morgan fingerprint density at radius 1 is 1.43 bits per heavy atom. The zero-order chi connectivity index (χ0) is 16.9. The van der Waals surface area contributed by atoms with E-state index in [4.69, 9.17) is 4.74 Å². The number of hydrogen-bond donors (Lipinski definition) is 1. The van der Waals surface area contributed by atoms with Crippen molar-refractivity contribution in [2.24, 2.45) is 0 Å². The fourth-order valence-electron chi connectivity index (χ4n) is 2.39. The van der Waals surface area contributed by atoms with Crippen molar-refractivity contribution in [3.8, 4) is 0 Å². The molecule has 8 heteroatoms. The van der Waals surface area contributed by atoms with E-state index in [0.29, 0.717) is 13.1 Å². The normalized spacial score (nSPS) is 23.2. The quantitative estimate of drug-likeness (QED) is 0.778. The maximum Gasteiger partial charge on any atom is 0.244 e. The summed E-state index contributed by atoms with van der Waals surface area (Å²) < 4.78 is 31.6. The molecule has 23 heavy (non-hydrogen) atoms.